The van der Waals surface area contributed by atoms with Crippen LogP contribution in [0.4, 0.5) is 0 Å². The van der Waals surface area contributed by atoms with Gasteiger partial charge in [-0.15, -0.1) is 0 Å². The number of carbonyl (C=O) groups is 1. The number of benzene rings is 2. The average molecular weight is 418 g/mol. The first-order chi connectivity index (χ1) is 13.8. The van der Waals surface area contributed by atoms with E-state index in [1.165, 1.54) is 19.3 Å². The van der Waals surface area contributed by atoms with E-state index < -0.39 is 10.0 Å². The molecular weight excluding hydrogens is 386 g/mol. The van der Waals surface area contributed by atoms with Crippen LogP contribution < -0.4 is 10.0 Å². The smallest absolute Gasteiger partial charge is 0.240 e. The highest BCUT2D eigenvalue weighted by molar-refractivity contribution is 7.89. The second kappa shape index (κ2) is 9.24. The molecule has 6 nitrogen and oxygen atoms in total. The number of likely N-dealkylation sites (tertiary alicyclic amines) is 1. The van der Waals surface area contributed by atoms with Gasteiger partial charge >= 0.3 is 0 Å². The number of amides is 1. The summed E-state index contributed by atoms with van der Waals surface area (Å²) in [6.07, 6.45) is 3.79. The molecule has 2 aromatic carbocycles. The topological polar surface area (TPSA) is 78.5 Å². The van der Waals surface area contributed by atoms with Crippen molar-refractivity contribution in [2.24, 2.45) is 0 Å². The molecule has 0 aliphatic carbocycles. The third-order valence-electron chi connectivity index (χ3n) is 5.61. The van der Waals surface area contributed by atoms with Crippen LogP contribution in [0.2, 0.25) is 0 Å². The van der Waals surface area contributed by atoms with Crippen LogP contribution in [0.15, 0.2) is 47.4 Å². The molecule has 0 unspecified atom stereocenters. The standard InChI is InChI=1S/C22H31N3O3S/c1-22(2,25-14-6-3-7-15-25)17-23-21(26)12-13-24-29(27,28)20-11-10-18-8-4-5-9-19(18)16-20/h4-5,8-11,16,24H,3,6-7,12-15,17H2,1-2H3,(H,23,26). The van der Waals surface area contributed by atoms with Gasteiger partial charge < -0.3 is 5.32 Å². The fourth-order valence-electron chi connectivity index (χ4n) is 3.73. The first-order valence-corrected chi connectivity index (χ1v) is 11.8. The van der Waals surface area contributed by atoms with Crippen LogP contribution in [-0.4, -0.2) is 50.9 Å². The zero-order valence-corrected chi connectivity index (χ0v) is 18.1. The summed E-state index contributed by atoms with van der Waals surface area (Å²) in [5.74, 6) is -0.142. The molecule has 7 heteroatoms. The molecule has 0 radical (unpaired) electrons. The molecular formula is C22H31N3O3S. The molecule has 1 amide bonds. The van der Waals surface area contributed by atoms with Crippen molar-refractivity contribution in [3.63, 3.8) is 0 Å². The Morgan fingerprint density at radius 3 is 2.45 bits per heavy atom. The normalized spacial score (nSPS) is 16.1. The summed E-state index contributed by atoms with van der Waals surface area (Å²) >= 11 is 0. The van der Waals surface area contributed by atoms with Gasteiger partial charge in [0.15, 0.2) is 0 Å². The van der Waals surface area contributed by atoms with Gasteiger partial charge in [-0.2, -0.15) is 0 Å². The van der Waals surface area contributed by atoms with Gasteiger partial charge in [0.1, 0.15) is 0 Å². The van der Waals surface area contributed by atoms with E-state index in [2.05, 4.69) is 28.8 Å². The molecule has 29 heavy (non-hydrogen) atoms. The van der Waals surface area contributed by atoms with Crippen molar-refractivity contribution >= 4 is 26.7 Å². The van der Waals surface area contributed by atoms with E-state index in [0.717, 1.165) is 23.9 Å². The van der Waals surface area contributed by atoms with Crippen LogP contribution in [0.25, 0.3) is 10.8 Å². The second-order valence-corrected chi connectivity index (χ2v) is 10.1. The molecule has 0 spiro atoms. The van der Waals surface area contributed by atoms with Crippen LogP contribution in [0.5, 0.6) is 0 Å². The van der Waals surface area contributed by atoms with E-state index in [4.69, 9.17) is 0 Å². The number of rotatable bonds is 8. The fraction of sp³-hybridized carbons (Fsp3) is 0.500. The Bertz CT molecular complexity index is 951. The monoisotopic (exact) mass is 417 g/mol. The highest BCUT2D eigenvalue weighted by Gasteiger charge is 2.28. The van der Waals surface area contributed by atoms with Gasteiger partial charge in [-0.25, -0.2) is 13.1 Å². The summed E-state index contributed by atoms with van der Waals surface area (Å²) in [5, 5.41) is 4.81. The molecule has 1 heterocycles. The maximum absolute atomic E-state index is 12.5. The van der Waals surface area contributed by atoms with Gasteiger partial charge in [0.2, 0.25) is 15.9 Å². The molecule has 1 fully saturated rings. The minimum Gasteiger partial charge on any atom is -0.354 e. The van der Waals surface area contributed by atoms with Gasteiger partial charge in [-0.3, -0.25) is 9.69 Å². The van der Waals surface area contributed by atoms with Crippen molar-refractivity contribution in [3.05, 3.63) is 42.5 Å². The molecule has 1 aliphatic rings. The molecule has 1 saturated heterocycles. The van der Waals surface area contributed by atoms with Crippen molar-refractivity contribution in [2.75, 3.05) is 26.2 Å². The third kappa shape index (κ3) is 5.78. The Hall–Kier alpha value is -1.96. The number of sulfonamides is 1. The molecule has 0 bridgehead atoms. The van der Waals surface area contributed by atoms with Crippen LogP contribution >= 0.6 is 0 Å². The van der Waals surface area contributed by atoms with Gasteiger partial charge in [0, 0.05) is 25.0 Å². The number of hydrogen-bond donors (Lipinski definition) is 2. The molecule has 0 atom stereocenters. The number of piperidine rings is 1. The maximum atomic E-state index is 12.5. The highest BCUT2D eigenvalue weighted by Crippen LogP contribution is 2.20. The number of nitrogens with zero attached hydrogens (tertiary/aromatic N) is 1. The Kier molecular flexibility index (Phi) is 6.93. The highest BCUT2D eigenvalue weighted by atomic mass is 32.2. The molecule has 2 aromatic rings. The minimum absolute atomic E-state index is 0.0745. The molecule has 1 aliphatic heterocycles. The first kappa shape index (κ1) is 21.7. The van der Waals surface area contributed by atoms with Crippen LogP contribution in [0.3, 0.4) is 0 Å². The van der Waals surface area contributed by atoms with Crippen molar-refractivity contribution in [1.82, 2.24) is 14.9 Å². The Balaban J connectivity index is 1.48. The molecule has 2 N–H and O–H groups in total. The molecule has 0 aromatic heterocycles. The Labute approximate surface area is 173 Å². The third-order valence-corrected chi connectivity index (χ3v) is 7.06. The van der Waals surface area contributed by atoms with E-state index in [1.54, 1.807) is 18.2 Å². The molecule has 0 saturated carbocycles. The predicted molar refractivity (Wildman–Crippen MR) is 116 cm³/mol. The summed E-state index contributed by atoms with van der Waals surface area (Å²) in [7, 11) is -3.65. The maximum Gasteiger partial charge on any atom is 0.240 e. The minimum atomic E-state index is -3.65. The predicted octanol–water partition coefficient (Wildman–Crippen LogP) is 2.89. The second-order valence-electron chi connectivity index (χ2n) is 8.29. The summed E-state index contributed by atoms with van der Waals surface area (Å²) in [6, 6.07) is 12.6. The van der Waals surface area contributed by atoms with E-state index in [-0.39, 0.29) is 29.3 Å². The summed E-state index contributed by atoms with van der Waals surface area (Å²) < 4.78 is 27.6. The van der Waals surface area contributed by atoms with Crippen LogP contribution in [0, 0.1) is 0 Å². The molecule has 158 valence electrons. The Morgan fingerprint density at radius 1 is 1.03 bits per heavy atom. The SMILES string of the molecule is CC(C)(CNC(=O)CCNS(=O)(=O)c1ccc2ccccc2c1)N1CCCCC1. The first-order valence-electron chi connectivity index (χ1n) is 10.3. The van der Waals surface area contributed by atoms with E-state index in [9.17, 15) is 13.2 Å². The van der Waals surface area contributed by atoms with Crippen molar-refractivity contribution in [2.45, 2.75) is 50.0 Å². The van der Waals surface area contributed by atoms with Gasteiger partial charge in [-0.1, -0.05) is 36.8 Å². The summed E-state index contributed by atoms with van der Waals surface area (Å²) in [4.78, 5) is 14.8. The fourth-order valence-corrected chi connectivity index (χ4v) is 4.80. The van der Waals surface area contributed by atoms with Gasteiger partial charge in [0.05, 0.1) is 4.90 Å². The van der Waals surface area contributed by atoms with E-state index in [1.807, 2.05) is 24.3 Å². The lowest BCUT2D eigenvalue weighted by Gasteiger charge is -2.41. The number of fused-ring (bicyclic) bond motifs is 1. The summed E-state index contributed by atoms with van der Waals surface area (Å²) in [6.45, 7) is 7.04. The van der Waals surface area contributed by atoms with Crippen molar-refractivity contribution in [3.8, 4) is 0 Å². The molecule has 3 rings (SSSR count). The summed E-state index contributed by atoms with van der Waals surface area (Å²) in [5.41, 5.74) is -0.0965. The van der Waals surface area contributed by atoms with Crippen molar-refractivity contribution < 1.29 is 13.2 Å². The van der Waals surface area contributed by atoms with Crippen LogP contribution in [0.1, 0.15) is 39.5 Å². The lowest BCUT2D eigenvalue weighted by molar-refractivity contribution is -0.121. The average Bonchev–Trinajstić information content (AvgIpc) is 2.72. The number of hydrogen-bond acceptors (Lipinski definition) is 4. The van der Waals surface area contributed by atoms with E-state index >= 15 is 0 Å². The number of nitrogens with one attached hydrogen (secondary N) is 2. The Morgan fingerprint density at radius 2 is 1.72 bits per heavy atom. The quantitative estimate of drug-likeness (QED) is 0.692. The van der Waals surface area contributed by atoms with Crippen molar-refractivity contribution in [1.29, 1.82) is 0 Å². The largest absolute Gasteiger partial charge is 0.354 e. The van der Waals surface area contributed by atoms with Gasteiger partial charge in [0.25, 0.3) is 0 Å². The zero-order valence-electron chi connectivity index (χ0n) is 17.3. The lowest BCUT2D eigenvalue weighted by atomic mass is 9.98. The van der Waals surface area contributed by atoms with Crippen LogP contribution in [-0.2, 0) is 14.8 Å². The van der Waals surface area contributed by atoms with Gasteiger partial charge in [-0.05, 0) is 62.7 Å². The van der Waals surface area contributed by atoms with E-state index in [0.29, 0.717) is 6.54 Å². The zero-order chi connectivity index (χ0) is 20.9. The lowest BCUT2D eigenvalue weighted by Crippen LogP contribution is -2.53. The number of carbonyl (C=O) groups excluding carboxylic acids is 1.